The maximum atomic E-state index is 14.2. The molecule has 112 valence electrons. The van der Waals surface area contributed by atoms with Crippen molar-refractivity contribution in [1.29, 1.82) is 0 Å². The predicted octanol–water partition coefficient (Wildman–Crippen LogP) is 2.01. The molecule has 0 atom stereocenters. The summed E-state index contributed by atoms with van der Waals surface area (Å²) >= 11 is 0. The van der Waals surface area contributed by atoms with Gasteiger partial charge in [-0.1, -0.05) is 0 Å². The van der Waals surface area contributed by atoms with E-state index in [4.69, 9.17) is 14.0 Å². The average molecular weight is 292 g/mol. The molecule has 5 nitrogen and oxygen atoms in total. The Morgan fingerprint density at radius 1 is 1.24 bits per heavy atom. The van der Waals surface area contributed by atoms with Gasteiger partial charge in [0.1, 0.15) is 5.52 Å². The van der Waals surface area contributed by atoms with E-state index >= 15 is 0 Å². The highest BCUT2D eigenvalue weighted by Crippen LogP contribution is 2.37. The number of ether oxygens (including phenoxy) is 1. The minimum absolute atomic E-state index is 0.141. The molecular weight excluding hydrogens is 274 g/mol. The van der Waals surface area contributed by atoms with Crippen molar-refractivity contribution in [3.63, 3.8) is 0 Å². The second-order valence-electron chi connectivity index (χ2n) is 6.23. The Hall–Kier alpha value is -1.60. The molecule has 3 rings (SSSR count). The van der Waals surface area contributed by atoms with Crippen molar-refractivity contribution in [2.75, 3.05) is 7.11 Å². The lowest BCUT2D eigenvalue weighted by molar-refractivity contribution is 0.00578. The summed E-state index contributed by atoms with van der Waals surface area (Å²) in [5, 5.41) is 7.46. The molecule has 1 fully saturated rings. The Balaban J connectivity index is 2.13. The summed E-state index contributed by atoms with van der Waals surface area (Å²) in [6, 6.07) is 1.39. The number of aromatic nitrogens is 2. The molecule has 0 spiro atoms. The molecular formula is C14H18BFN2O3. The standard InChI is InChI=1S/C14H18BFN2O3/c1-13(2)14(3,4)21-15(20-13)9-6-10(16)12(19-5)11-8(9)7-17-18-11/h6-7H,1-5H3,(H,17,18). The van der Waals surface area contributed by atoms with Crippen LogP contribution in [0, 0.1) is 5.82 Å². The molecule has 0 amide bonds. The van der Waals surface area contributed by atoms with Gasteiger partial charge in [-0.25, -0.2) is 4.39 Å². The van der Waals surface area contributed by atoms with E-state index in [9.17, 15) is 4.39 Å². The van der Waals surface area contributed by atoms with Crippen molar-refractivity contribution < 1.29 is 18.4 Å². The Kier molecular flexibility index (Phi) is 3.04. The third kappa shape index (κ3) is 2.03. The smallest absolute Gasteiger partial charge is 0.492 e. The van der Waals surface area contributed by atoms with Crippen molar-refractivity contribution in [3.8, 4) is 5.75 Å². The van der Waals surface area contributed by atoms with E-state index in [1.165, 1.54) is 13.2 Å². The number of hydrogen-bond acceptors (Lipinski definition) is 4. The number of benzene rings is 1. The molecule has 1 saturated heterocycles. The van der Waals surface area contributed by atoms with Crippen LogP contribution in [-0.4, -0.2) is 35.6 Å². The van der Waals surface area contributed by atoms with Crippen LogP contribution in [0.4, 0.5) is 4.39 Å². The average Bonchev–Trinajstić information content (AvgIpc) is 2.92. The summed E-state index contributed by atoms with van der Waals surface area (Å²) in [7, 11) is 0.781. The van der Waals surface area contributed by atoms with E-state index in [2.05, 4.69) is 10.2 Å². The number of aromatic amines is 1. The molecule has 2 aromatic rings. The molecule has 1 aromatic carbocycles. The zero-order valence-corrected chi connectivity index (χ0v) is 12.8. The molecule has 1 N–H and O–H groups in total. The topological polar surface area (TPSA) is 56.4 Å². The molecule has 0 saturated carbocycles. The lowest BCUT2D eigenvalue weighted by Crippen LogP contribution is -2.41. The van der Waals surface area contributed by atoms with Crippen LogP contribution in [0.25, 0.3) is 10.9 Å². The number of halogens is 1. The largest absolute Gasteiger partial charge is 0.495 e. The fourth-order valence-electron chi connectivity index (χ4n) is 2.44. The van der Waals surface area contributed by atoms with E-state index in [0.29, 0.717) is 11.0 Å². The van der Waals surface area contributed by atoms with Crippen molar-refractivity contribution in [1.82, 2.24) is 10.2 Å². The minimum Gasteiger partial charge on any atom is -0.492 e. The summed E-state index contributed by atoms with van der Waals surface area (Å²) in [6.45, 7) is 7.83. The lowest BCUT2D eigenvalue weighted by Gasteiger charge is -2.32. The van der Waals surface area contributed by atoms with Crippen LogP contribution in [0.15, 0.2) is 12.3 Å². The highest BCUT2D eigenvalue weighted by atomic mass is 19.1. The SMILES string of the molecule is COc1c(F)cc(B2OC(C)(C)C(C)(C)O2)c2cn[nH]c12. The van der Waals surface area contributed by atoms with Gasteiger partial charge < -0.3 is 14.0 Å². The van der Waals surface area contributed by atoms with Gasteiger partial charge >= 0.3 is 7.12 Å². The first-order chi connectivity index (χ1) is 9.77. The summed E-state index contributed by atoms with van der Waals surface area (Å²) in [5.74, 6) is -0.332. The van der Waals surface area contributed by atoms with Gasteiger partial charge in [0.05, 0.1) is 24.5 Å². The Labute approximate surface area is 122 Å². The first-order valence-corrected chi connectivity index (χ1v) is 6.82. The number of nitrogens with zero attached hydrogens (tertiary/aromatic N) is 1. The van der Waals surface area contributed by atoms with E-state index < -0.39 is 24.1 Å². The highest BCUT2D eigenvalue weighted by molar-refractivity contribution is 6.65. The number of fused-ring (bicyclic) bond motifs is 1. The van der Waals surface area contributed by atoms with E-state index in [-0.39, 0.29) is 5.75 Å². The molecule has 2 heterocycles. The van der Waals surface area contributed by atoms with Crippen molar-refractivity contribution in [2.45, 2.75) is 38.9 Å². The lowest BCUT2D eigenvalue weighted by atomic mass is 9.77. The highest BCUT2D eigenvalue weighted by Gasteiger charge is 2.52. The fourth-order valence-corrected chi connectivity index (χ4v) is 2.44. The van der Waals surface area contributed by atoms with Gasteiger partial charge in [-0.15, -0.1) is 0 Å². The van der Waals surface area contributed by atoms with Crippen LogP contribution < -0.4 is 10.2 Å². The molecule has 1 aliphatic heterocycles. The molecule has 0 unspecified atom stereocenters. The molecule has 21 heavy (non-hydrogen) atoms. The number of H-pyrrole nitrogens is 1. The second kappa shape index (κ2) is 4.45. The minimum atomic E-state index is -0.643. The summed E-state index contributed by atoms with van der Waals surface area (Å²) in [6.07, 6.45) is 1.62. The van der Waals surface area contributed by atoms with Crippen molar-refractivity contribution in [2.24, 2.45) is 0 Å². The zero-order valence-electron chi connectivity index (χ0n) is 12.8. The maximum Gasteiger partial charge on any atom is 0.495 e. The third-order valence-electron chi connectivity index (χ3n) is 4.39. The summed E-state index contributed by atoms with van der Waals surface area (Å²) in [4.78, 5) is 0. The number of hydrogen-bond donors (Lipinski definition) is 1. The Morgan fingerprint density at radius 2 is 1.86 bits per heavy atom. The number of nitrogens with one attached hydrogen (secondary N) is 1. The van der Waals surface area contributed by atoms with Gasteiger partial charge in [-0.2, -0.15) is 5.10 Å². The van der Waals surface area contributed by atoms with Crippen LogP contribution in [-0.2, 0) is 9.31 Å². The van der Waals surface area contributed by atoms with Crippen LogP contribution in [0.2, 0.25) is 0 Å². The van der Waals surface area contributed by atoms with Crippen LogP contribution in [0.5, 0.6) is 5.75 Å². The van der Waals surface area contributed by atoms with Crippen LogP contribution in [0.1, 0.15) is 27.7 Å². The maximum absolute atomic E-state index is 14.2. The molecule has 7 heteroatoms. The molecule has 0 bridgehead atoms. The third-order valence-corrected chi connectivity index (χ3v) is 4.39. The molecule has 0 radical (unpaired) electrons. The van der Waals surface area contributed by atoms with Gasteiger partial charge in [0.2, 0.25) is 0 Å². The predicted molar refractivity (Wildman–Crippen MR) is 78.3 cm³/mol. The molecule has 1 aromatic heterocycles. The number of methoxy groups -OCH3 is 1. The monoisotopic (exact) mass is 292 g/mol. The summed E-state index contributed by atoms with van der Waals surface area (Å²) < 4.78 is 31.3. The Morgan fingerprint density at radius 3 is 2.43 bits per heavy atom. The summed E-state index contributed by atoms with van der Waals surface area (Å²) in [5.41, 5.74) is 0.145. The van der Waals surface area contributed by atoms with E-state index in [1.54, 1.807) is 6.20 Å². The van der Waals surface area contributed by atoms with E-state index in [0.717, 1.165) is 5.39 Å². The van der Waals surface area contributed by atoms with Crippen molar-refractivity contribution >= 4 is 23.5 Å². The van der Waals surface area contributed by atoms with Crippen LogP contribution in [0.3, 0.4) is 0 Å². The Bertz CT molecular complexity index is 683. The van der Waals surface area contributed by atoms with Gasteiger partial charge in [0.25, 0.3) is 0 Å². The first kappa shape index (κ1) is 14.3. The van der Waals surface area contributed by atoms with Crippen molar-refractivity contribution in [3.05, 3.63) is 18.1 Å². The van der Waals surface area contributed by atoms with Gasteiger partial charge in [-0.05, 0) is 39.2 Å². The zero-order chi connectivity index (χ0) is 15.4. The second-order valence-corrected chi connectivity index (χ2v) is 6.23. The van der Waals surface area contributed by atoms with Gasteiger partial charge in [0.15, 0.2) is 11.6 Å². The number of rotatable bonds is 2. The van der Waals surface area contributed by atoms with E-state index in [1.807, 2.05) is 27.7 Å². The van der Waals surface area contributed by atoms with Gasteiger partial charge in [0, 0.05) is 5.39 Å². The first-order valence-electron chi connectivity index (χ1n) is 6.82. The van der Waals surface area contributed by atoms with Gasteiger partial charge in [-0.3, -0.25) is 5.10 Å². The normalized spacial score (nSPS) is 20.2. The molecule has 1 aliphatic rings. The molecule has 0 aliphatic carbocycles. The quantitative estimate of drug-likeness (QED) is 0.860. The fraction of sp³-hybridized carbons (Fsp3) is 0.500. The van der Waals surface area contributed by atoms with Crippen LogP contribution >= 0.6 is 0 Å².